The topological polar surface area (TPSA) is 75.7 Å². The Morgan fingerprint density at radius 3 is 2.50 bits per heavy atom. The van der Waals surface area contributed by atoms with Crippen molar-refractivity contribution in [2.75, 3.05) is 30.3 Å². The Morgan fingerprint density at radius 1 is 1.18 bits per heavy atom. The number of nitrogens with zero attached hydrogens (tertiary/aromatic N) is 1. The van der Waals surface area contributed by atoms with Gasteiger partial charge in [0.15, 0.2) is 0 Å². The maximum Gasteiger partial charge on any atom is 0.240 e. The molecule has 0 saturated carbocycles. The van der Waals surface area contributed by atoms with E-state index in [0.29, 0.717) is 10.7 Å². The van der Waals surface area contributed by atoms with Gasteiger partial charge in [0.2, 0.25) is 15.9 Å². The van der Waals surface area contributed by atoms with Gasteiger partial charge in [-0.25, -0.2) is 8.42 Å². The third kappa shape index (κ3) is 7.05. The molecule has 1 amide bonds. The smallest absolute Gasteiger partial charge is 0.240 e. The highest BCUT2D eigenvalue weighted by Crippen LogP contribution is 2.21. The van der Waals surface area contributed by atoms with Crippen molar-refractivity contribution < 1.29 is 17.9 Å². The first-order valence-corrected chi connectivity index (χ1v) is 11.2. The summed E-state index contributed by atoms with van der Waals surface area (Å²) in [4.78, 5) is 12.2. The maximum atomic E-state index is 12.2. The van der Waals surface area contributed by atoms with Gasteiger partial charge in [0.25, 0.3) is 0 Å². The van der Waals surface area contributed by atoms with Gasteiger partial charge in [-0.15, -0.1) is 0 Å². The lowest BCUT2D eigenvalue weighted by Gasteiger charge is -2.22. The number of benzene rings is 2. The third-order valence-electron chi connectivity index (χ3n) is 3.94. The number of anilines is 1. The minimum Gasteiger partial charge on any atom is -0.492 e. The molecule has 0 fully saturated rings. The van der Waals surface area contributed by atoms with Gasteiger partial charge in [-0.05, 0) is 42.3 Å². The fraction of sp³-hybridized carbons (Fsp3) is 0.350. The third-order valence-corrected chi connectivity index (χ3v) is 5.31. The summed E-state index contributed by atoms with van der Waals surface area (Å²) < 4.78 is 30.7. The number of hydrogen-bond donors (Lipinski definition) is 1. The van der Waals surface area contributed by atoms with E-state index in [1.807, 2.05) is 24.3 Å². The zero-order valence-electron chi connectivity index (χ0n) is 16.0. The molecule has 28 heavy (non-hydrogen) atoms. The molecule has 2 aromatic carbocycles. The molecule has 0 bridgehead atoms. The number of rotatable bonds is 10. The lowest BCUT2D eigenvalue weighted by molar-refractivity contribution is -0.119. The zero-order chi connectivity index (χ0) is 20.6. The van der Waals surface area contributed by atoms with Crippen molar-refractivity contribution in [3.63, 3.8) is 0 Å². The molecule has 0 aromatic heterocycles. The molecule has 8 heteroatoms. The predicted molar refractivity (Wildman–Crippen MR) is 113 cm³/mol. The lowest BCUT2D eigenvalue weighted by Crippen LogP contribution is -2.41. The highest BCUT2D eigenvalue weighted by atomic mass is 35.5. The van der Waals surface area contributed by atoms with Gasteiger partial charge in [-0.1, -0.05) is 43.1 Å². The summed E-state index contributed by atoms with van der Waals surface area (Å²) in [5.74, 6) is 0.304. The highest BCUT2D eigenvalue weighted by Gasteiger charge is 2.20. The Hall–Kier alpha value is -2.25. The van der Waals surface area contributed by atoms with Crippen LogP contribution < -0.4 is 14.4 Å². The monoisotopic (exact) mass is 424 g/mol. The first-order valence-electron chi connectivity index (χ1n) is 9.01. The van der Waals surface area contributed by atoms with E-state index in [9.17, 15) is 13.2 Å². The second-order valence-electron chi connectivity index (χ2n) is 6.34. The molecule has 0 spiro atoms. The summed E-state index contributed by atoms with van der Waals surface area (Å²) >= 11 is 5.92. The molecule has 1 N–H and O–H groups in total. The van der Waals surface area contributed by atoms with Crippen LogP contribution in [-0.4, -0.2) is 40.3 Å². The number of halogens is 1. The van der Waals surface area contributed by atoms with Gasteiger partial charge in [0.05, 0.1) is 18.5 Å². The molecule has 2 aromatic rings. The predicted octanol–water partition coefficient (Wildman–Crippen LogP) is 3.25. The van der Waals surface area contributed by atoms with Crippen LogP contribution in [0.25, 0.3) is 0 Å². The molecule has 0 atom stereocenters. The van der Waals surface area contributed by atoms with Crippen LogP contribution in [0.15, 0.2) is 48.5 Å². The molecule has 0 aliphatic heterocycles. The average Bonchev–Trinajstić information content (AvgIpc) is 2.64. The first kappa shape index (κ1) is 22.0. The van der Waals surface area contributed by atoms with Crippen molar-refractivity contribution in [2.45, 2.75) is 19.8 Å². The molecule has 6 nitrogen and oxygen atoms in total. The largest absolute Gasteiger partial charge is 0.492 e. The van der Waals surface area contributed by atoms with Crippen LogP contribution in [0.4, 0.5) is 5.69 Å². The number of sulfonamides is 1. The number of carbonyl (C=O) groups is 1. The molecular weight excluding hydrogens is 400 g/mol. The fourth-order valence-electron chi connectivity index (χ4n) is 2.62. The van der Waals surface area contributed by atoms with Crippen LogP contribution >= 0.6 is 11.6 Å². The number of carbonyl (C=O) groups excluding carboxylic acids is 1. The van der Waals surface area contributed by atoms with Gasteiger partial charge in [-0.3, -0.25) is 9.10 Å². The minimum atomic E-state index is -3.63. The lowest BCUT2D eigenvalue weighted by atomic mass is 10.1. The van der Waals surface area contributed by atoms with E-state index in [-0.39, 0.29) is 19.7 Å². The quantitative estimate of drug-likeness (QED) is 0.594. The molecule has 0 aliphatic rings. The van der Waals surface area contributed by atoms with E-state index < -0.39 is 15.9 Å². The number of nitrogens with one attached hydrogen (secondary N) is 1. The van der Waals surface area contributed by atoms with Crippen LogP contribution in [0.3, 0.4) is 0 Å². The van der Waals surface area contributed by atoms with Crippen molar-refractivity contribution in [2.24, 2.45) is 0 Å². The standard InChI is InChI=1S/C20H25ClN2O4S/c1-3-5-16-8-10-19(11-9-16)27-13-12-22-20(24)15-23(28(2,25)26)18-7-4-6-17(21)14-18/h4,6-11,14H,3,5,12-13,15H2,1-2H3,(H,22,24). The number of aryl methyl sites for hydroxylation is 1. The van der Waals surface area contributed by atoms with E-state index in [0.717, 1.165) is 29.2 Å². The fourth-order valence-corrected chi connectivity index (χ4v) is 3.65. The summed E-state index contributed by atoms with van der Waals surface area (Å²) in [6.07, 6.45) is 3.16. The Labute approximate surface area is 171 Å². The van der Waals surface area contributed by atoms with Crippen molar-refractivity contribution in [1.29, 1.82) is 0 Å². The Kier molecular flexibility index (Phi) is 8.14. The number of amides is 1. The van der Waals surface area contributed by atoms with E-state index in [4.69, 9.17) is 16.3 Å². The van der Waals surface area contributed by atoms with Gasteiger partial charge >= 0.3 is 0 Å². The molecule has 0 aliphatic carbocycles. The van der Waals surface area contributed by atoms with Crippen LogP contribution in [0.2, 0.25) is 5.02 Å². The van der Waals surface area contributed by atoms with Gasteiger partial charge in [0, 0.05) is 5.02 Å². The van der Waals surface area contributed by atoms with Crippen molar-refractivity contribution >= 4 is 33.2 Å². The Balaban J connectivity index is 1.84. The summed E-state index contributed by atoms with van der Waals surface area (Å²) in [5.41, 5.74) is 1.60. The summed E-state index contributed by atoms with van der Waals surface area (Å²) in [6.45, 7) is 2.35. The molecule has 2 rings (SSSR count). The summed E-state index contributed by atoms with van der Waals surface area (Å²) in [7, 11) is -3.63. The molecule has 0 saturated heterocycles. The van der Waals surface area contributed by atoms with Crippen LogP contribution in [0.5, 0.6) is 5.75 Å². The van der Waals surface area contributed by atoms with Crippen LogP contribution in [0, 0.1) is 0 Å². The van der Waals surface area contributed by atoms with E-state index >= 15 is 0 Å². The minimum absolute atomic E-state index is 0.267. The molecule has 0 unspecified atom stereocenters. The van der Waals surface area contributed by atoms with Crippen molar-refractivity contribution in [3.05, 3.63) is 59.1 Å². The second kappa shape index (κ2) is 10.3. The van der Waals surface area contributed by atoms with E-state index in [1.54, 1.807) is 18.2 Å². The van der Waals surface area contributed by atoms with Crippen LogP contribution in [0.1, 0.15) is 18.9 Å². The zero-order valence-corrected chi connectivity index (χ0v) is 17.6. The van der Waals surface area contributed by atoms with E-state index in [2.05, 4.69) is 12.2 Å². The maximum absolute atomic E-state index is 12.2. The molecule has 152 valence electrons. The average molecular weight is 425 g/mol. The first-order chi connectivity index (χ1) is 13.3. The SMILES string of the molecule is CCCc1ccc(OCCNC(=O)CN(c2cccc(Cl)c2)S(C)(=O)=O)cc1. The van der Waals surface area contributed by atoms with Gasteiger partial charge in [-0.2, -0.15) is 0 Å². The Bertz CT molecular complexity index is 885. The summed E-state index contributed by atoms with van der Waals surface area (Å²) in [5, 5.41) is 3.06. The van der Waals surface area contributed by atoms with Crippen molar-refractivity contribution in [1.82, 2.24) is 5.32 Å². The molecular formula is C20H25ClN2O4S. The normalized spacial score (nSPS) is 11.1. The second-order valence-corrected chi connectivity index (χ2v) is 8.69. The van der Waals surface area contributed by atoms with Gasteiger partial charge in [0.1, 0.15) is 18.9 Å². The van der Waals surface area contributed by atoms with E-state index in [1.165, 1.54) is 11.6 Å². The van der Waals surface area contributed by atoms with Gasteiger partial charge < -0.3 is 10.1 Å². The number of ether oxygens (including phenoxy) is 1. The molecule has 0 radical (unpaired) electrons. The highest BCUT2D eigenvalue weighted by molar-refractivity contribution is 7.92. The number of hydrogen-bond acceptors (Lipinski definition) is 4. The van der Waals surface area contributed by atoms with Crippen molar-refractivity contribution in [3.8, 4) is 5.75 Å². The molecule has 0 heterocycles. The summed E-state index contributed by atoms with van der Waals surface area (Å²) in [6, 6.07) is 14.2. The van der Waals surface area contributed by atoms with Crippen LogP contribution in [-0.2, 0) is 21.2 Å². The Morgan fingerprint density at radius 2 is 1.89 bits per heavy atom.